The molecule has 0 spiro atoms. The van der Waals surface area contributed by atoms with Crippen molar-refractivity contribution in [2.45, 2.75) is 166 Å². The Labute approximate surface area is 420 Å². The van der Waals surface area contributed by atoms with Crippen LogP contribution in [0.3, 0.4) is 0 Å². The Morgan fingerprint density at radius 3 is 1.76 bits per heavy atom. The number of esters is 3. The van der Waals surface area contributed by atoms with Gasteiger partial charge in [0, 0.05) is 24.7 Å². The molecule has 0 aliphatic carbocycles. The van der Waals surface area contributed by atoms with Gasteiger partial charge < -0.3 is 42.6 Å². The highest BCUT2D eigenvalue weighted by Crippen LogP contribution is 2.37. The molecule has 0 aromatic heterocycles. The van der Waals surface area contributed by atoms with Crippen LogP contribution in [-0.4, -0.2) is 105 Å². The van der Waals surface area contributed by atoms with Crippen molar-refractivity contribution in [3.05, 3.63) is 137 Å². The summed E-state index contributed by atoms with van der Waals surface area (Å²) in [6, 6.07) is 32.2. The number of unbranched alkanes of at least 4 members (excludes halogenated alkanes) is 3. The van der Waals surface area contributed by atoms with Gasteiger partial charge in [-0.1, -0.05) is 139 Å². The maximum Gasteiger partial charge on any atom is 0.338 e. The van der Waals surface area contributed by atoms with Crippen LogP contribution in [0.4, 0.5) is 0 Å². The van der Waals surface area contributed by atoms with Crippen LogP contribution in [0.5, 0.6) is 0 Å². The lowest BCUT2D eigenvalue weighted by Crippen LogP contribution is -2.61. The average Bonchev–Trinajstić information content (AvgIpc) is 3.36. The van der Waals surface area contributed by atoms with Crippen LogP contribution in [0.1, 0.15) is 136 Å². The third-order valence-corrected chi connectivity index (χ3v) is 13.3. The minimum atomic E-state index is -1.35. The summed E-state index contributed by atoms with van der Waals surface area (Å²) in [6.07, 6.45) is -2.31. The molecule has 3 unspecified atom stereocenters. The van der Waals surface area contributed by atoms with E-state index in [9.17, 15) is 14.4 Å². The Balaban J connectivity index is 1.60. The van der Waals surface area contributed by atoms with E-state index in [1.807, 2.05) is 26.8 Å². The second-order valence-corrected chi connectivity index (χ2v) is 19.9. The molecule has 12 nitrogen and oxygen atoms in total. The van der Waals surface area contributed by atoms with E-state index >= 15 is 0 Å². The fourth-order valence-electron chi connectivity index (χ4n) is 7.56. The molecule has 0 N–H and O–H groups in total. The summed E-state index contributed by atoms with van der Waals surface area (Å²) in [5.41, 5.74) is 1.93. The quantitative estimate of drug-likeness (QED) is 0.0176. The van der Waals surface area contributed by atoms with Crippen LogP contribution in [0.2, 0.25) is 0 Å². The van der Waals surface area contributed by atoms with Gasteiger partial charge in [-0.2, -0.15) is 0 Å². The number of rotatable bonds is 28. The van der Waals surface area contributed by atoms with Crippen molar-refractivity contribution in [3.63, 3.8) is 0 Å². The van der Waals surface area contributed by atoms with Crippen molar-refractivity contribution in [1.82, 2.24) is 0 Å². The first-order chi connectivity index (χ1) is 33.7. The van der Waals surface area contributed by atoms with Gasteiger partial charge in [-0.25, -0.2) is 14.4 Å². The largest absolute Gasteiger partial charge is 0.453 e. The van der Waals surface area contributed by atoms with E-state index in [0.717, 1.165) is 54.5 Å². The van der Waals surface area contributed by atoms with E-state index in [1.54, 1.807) is 91.9 Å². The fraction of sp³-hybridized carbons (Fsp3) is 0.526. The molecule has 0 saturated carbocycles. The molecule has 0 amide bonds. The van der Waals surface area contributed by atoms with Crippen molar-refractivity contribution in [1.29, 1.82) is 0 Å². The zero-order valence-corrected chi connectivity index (χ0v) is 43.5. The summed E-state index contributed by atoms with van der Waals surface area (Å²) in [5, 5.41) is 0. The molecular weight excluding hydrogens is 909 g/mol. The van der Waals surface area contributed by atoms with Gasteiger partial charge in [-0.05, 0) is 99.0 Å². The van der Waals surface area contributed by atoms with Crippen molar-refractivity contribution in [2.24, 2.45) is 0 Å². The monoisotopic (exact) mass is 985 g/mol. The summed E-state index contributed by atoms with van der Waals surface area (Å²) >= 11 is 1.42. The molecule has 0 radical (unpaired) electrons. The standard InChI is InChI=1S/C57H76O12S/c1-10-13-33-61-37-46(40(5)62-34-14-11-2)67-56(70-48-36-45(57(7,8)9)32-31-39(48)4)47(66-52(58)42-25-19-16-20-26-42)38-64-55-51(69-54(60)44-29-23-18-24-30-44)50(49(41(6)65-55)63-35-15-12-3)68-53(59)43-27-21-17-22-28-43/h16-32,36,40-41,46-47,49-51,55-56H,10-15,33-35,37-38H2,1-9H3/t40-,41?,46?,47-,49-,50?,51-,55+,56-/m0/s1. The number of hydrogen-bond donors (Lipinski definition) is 0. The molecule has 382 valence electrons. The summed E-state index contributed by atoms with van der Waals surface area (Å²) in [4.78, 5) is 43.2. The first kappa shape index (κ1) is 56.3. The SMILES string of the molecule is CCCCOCC(O[C@@H](Sc1cc(C(C)(C)C)ccc1C)[C@H](CO[C@@H]1OC(C)[C@H](OCCCC)C(OC(=O)c2ccccc2)[C@@H]1OC(=O)c1ccccc1)OC(=O)c1ccccc1)[C@H](C)OCCCC. The highest BCUT2D eigenvalue weighted by Gasteiger charge is 2.51. The van der Waals surface area contributed by atoms with Gasteiger partial charge in [-0.15, -0.1) is 0 Å². The van der Waals surface area contributed by atoms with Gasteiger partial charge in [0.1, 0.15) is 17.6 Å². The number of benzene rings is 4. The fourth-order valence-corrected chi connectivity index (χ4v) is 8.75. The highest BCUT2D eigenvalue weighted by molar-refractivity contribution is 7.99. The molecule has 1 saturated heterocycles. The third kappa shape index (κ3) is 17.3. The Kier molecular flexibility index (Phi) is 23.4. The minimum absolute atomic E-state index is 0.168. The number of ether oxygens (including phenoxy) is 9. The van der Waals surface area contributed by atoms with Crippen LogP contribution in [0.15, 0.2) is 114 Å². The third-order valence-electron chi connectivity index (χ3n) is 12.0. The summed E-state index contributed by atoms with van der Waals surface area (Å²) in [5.74, 6) is -1.93. The van der Waals surface area contributed by atoms with Crippen LogP contribution >= 0.6 is 11.8 Å². The number of aryl methyl sites for hydroxylation is 1. The van der Waals surface area contributed by atoms with Crippen molar-refractivity contribution < 1.29 is 57.0 Å². The summed E-state index contributed by atoms with van der Waals surface area (Å²) < 4.78 is 58.7. The molecule has 13 heteroatoms. The first-order valence-corrected chi connectivity index (χ1v) is 25.9. The second kappa shape index (κ2) is 29.0. The van der Waals surface area contributed by atoms with Gasteiger partial charge in [0.2, 0.25) is 0 Å². The predicted molar refractivity (Wildman–Crippen MR) is 272 cm³/mol. The smallest absolute Gasteiger partial charge is 0.338 e. The molecule has 70 heavy (non-hydrogen) atoms. The Bertz CT molecular complexity index is 2150. The van der Waals surface area contributed by atoms with Crippen molar-refractivity contribution >= 4 is 29.7 Å². The predicted octanol–water partition coefficient (Wildman–Crippen LogP) is 11.7. The van der Waals surface area contributed by atoms with Crippen LogP contribution in [-0.2, 0) is 48.0 Å². The molecule has 0 bridgehead atoms. The number of carbonyl (C=O) groups is 3. The average molecular weight is 985 g/mol. The number of thioether (sulfide) groups is 1. The van der Waals surface area contributed by atoms with Gasteiger partial charge in [0.15, 0.2) is 24.6 Å². The molecule has 1 heterocycles. The Morgan fingerprint density at radius 1 is 0.643 bits per heavy atom. The van der Waals surface area contributed by atoms with E-state index in [0.29, 0.717) is 30.9 Å². The lowest BCUT2D eigenvalue weighted by molar-refractivity contribution is -0.302. The van der Waals surface area contributed by atoms with E-state index < -0.39 is 72.4 Å². The first-order valence-electron chi connectivity index (χ1n) is 25.0. The number of carbonyl (C=O) groups excluding carboxylic acids is 3. The van der Waals surface area contributed by atoms with Gasteiger partial charge >= 0.3 is 17.9 Å². The molecule has 1 aliphatic heterocycles. The minimum Gasteiger partial charge on any atom is -0.453 e. The Hall–Kier alpha value is -4.60. The zero-order chi connectivity index (χ0) is 50.5. The van der Waals surface area contributed by atoms with Gasteiger partial charge in [-0.3, -0.25) is 0 Å². The normalized spacial score (nSPS) is 19.9. The molecule has 1 fully saturated rings. The summed E-state index contributed by atoms with van der Waals surface area (Å²) in [6.45, 7) is 19.9. The molecule has 9 atom stereocenters. The lowest BCUT2D eigenvalue weighted by Gasteiger charge is -2.44. The summed E-state index contributed by atoms with van der Waals surface area (Å²) in [7, 11) is 0. The number of hydrogen-bond acceptors (Lipinski definition) is 13. The zero-order valence-electron chi connectivity index (χ0n) is 42.7. The molecule has 1 aliphatic rings. The highest BCUT2D eigenvalue weighted by atomic mass is 32.2. The maximum absolute atomic E-state index is 14.3. The van der Waals surface area contributed by atoms with Crippen LogP contribution in [0.25, 0.3) is 0 Å². The van der Waals surface area contributed by atoms with E-state index in [1.165, 1.54) is 11.8 Å². The van der Waals surface area contributed by atoms with Crippen molar-refractivity contribution in [2.75, 3.05) is 33.0 Å². The lowest BCUT2D eigenvalue weighted by atomic mass is 9.87. The molecule has 4 aromatic rings. The van der Waals surface area contributed by atoms with Crippen LogP contribution < -0.4 is 0 Å². The second-order valence-electron chi connectivity index (χ2n) is 18.8. The maximum atomic E-state index is 14.3. The molecule has 4 aromatic carbocycles. The topological polar surface area (TPSA) is 134 Å². The van der Waals surface area contributed by atoms with Gasteiger partial charge in [0.05, 0.1) is 42.1 Å². The van der Waals surface area contributed by atoms with Gasteiger partial charge in [0.25, 0.3) is 0 Å². The van der Waals surface area contributed by atoms with Crippen molar-refractivity contribution in [3.8, 4) is 0 Å². The molecular formula is C57H76O12S. The van der Waals surface area contributed by atoms with E-state index in [4.69, 9.17) is 42.6 Å². The molecule has 5 rings (SSSR count). The van der Waals surface area contributed by atoms with E-state index in [2.05, 4.69) is 52.8 Å². The van der Waals surface area contributed by atoms with Crippen LogP contribution in [0, 0.1) is 6.92 Å². The Morgan fingerprint density at radius 2 is 1.19 bits per heavy atom. The van der Waals surface area contributed by atoms with E-state index in [-0.39, 0.29) is 24.2 Å².